The summed E-state index contributed by atoms with van der Waals surface area (Å²) < 4.78 is 104. The Morgan fingerprint density at radius 2 is 0.952 bits per heavy atom. The molecule has 19 nitrogen and oxygen atoms in total. The first-order chi connectivity index (χ1) is 29.1. The van der Waals surface area contributed by atoms with Crippen molar-refractivity contribution < 1.29 is 78.7 Å². The van der Waals surface area contributed by atoms with Gasteiger partial charge in [-0.2, -0.15) is 35.5 Å². The number of phenolic OH excluding ortho intramolecular Hbond substituents is 2. The van der Waals surface area contributed by atoms with Crippen LogP contribution in [-0.4, -0.2) is 49.1 Å². The minimum Gasteiger partial charge on any atom is -0.505 e. The monoisotopic (exact) mass is 959 g/mol. The smallest absolute Gasteiger partial charge is 0.505 e. The molecule has 0 aromatic heterocycles. The number of fused-ring (bicyclic) bond motifs is 2. The molecule has 316 valence electrons. The SMILES string of the molecule is Nc1ccc2c(O)c(N=Nc3ccc(-c4ccc(N=Nc5c(S(=O)(=O)O)cc6cc(S(=O)(=O)O)c(N=Nc7cc(Cl)ccc7Cl)c(N)c6c5O)cc4)cc3)c(S(=O)(=O)O)cc2c1.[Na+]. The fourth-order valence-electron chi connectivity index (χ4n) is 6.09. The summed E-state index contributed by atoms with van der Waals surface area (Å²) >= 11 is 12.1. The van der Waals surface area contributed by atoms with Crippen LogP contribution in [0.3, 0.4) is 0 Å². The number of nitrogen functional groups attached to an aromatic ring is 2. The Morgan fingerprint density at radius 1 is 0.492 bits per heavy atom. The molecule has 63 heavy (non-hydrogen) atoms. The molecule has 0 saturated carbocycles. The molecular formula is C38H26Cl2N8NaO11S3+. The number of hydrogen-bond donors (Lipinski definition) is 7. The molecule has 0 saturated heterocycles. The number of benzene rings is 7. The number of aromatic hydroxyl groups is 2. The number of anilines is 2. The van der Waals surface area contributed by atoms with Crippen LogP contribution in [0.5, 0.6) is 11.5 Å². The van der Waals surface area contributed by atoms with Gasteiger partial charge in [0.2, 0.25) is 0 Å². The van der Waals surface area contributed by atoms with Crippen molar-refractivity contribution >= 4 is 121 Å². The van der Waals surface area contributed by atoms with Crippen molar-refractivity contribution in [3.63, 3.8) is 0 Å². The van der Waals surface area contributed by atoms with Gasteiger partial charge in [-0.15, -0.1) is 20.5 Å². The third-order valence-corrected chi connectivity index (χ3v) is 12.1. The minimum absolute atomic E-state index is 0. The second-order valence-corrected chi connectivity index (χ2v) is 18.1. The van der Waals surface area contributed by atoms with Crippen molar-refractivity contribution in [3.8, 4) is 22.6 Å². The zero-order valence-electron chi connectivity index (χ0n) is 31.8. The van der Waals surface area contributed by atoms with E-state index >= 15 is 0 Å². The first-order valence-corrected chi connectivity index (χ1v) is 22.2. The predicted molar refractivity (Wildman–Crippen MR) is 230 cm³/mol. The summed E-state index contributed by atoms with van der Waals surface area (Å²) in [6.45, 7) is 0. The summed E-state index contributed by atoms with van der Waals surface area (Å²) in [6.07, 6.45) is 0. The topological polar surface area (TPSA) is 330 Å². The van der Waals surface area contributed by atoms with Crippen molar-refractivity contribution in [2.45, 2.75) is 14.7 Å². The number of nitrogens with zero attached hydrogens (tertiary/aromatic N) is 6. The van der Waals surface area contributed by atoms with Gasteiger partial charge >= 0.3 is 29.6 Å². The summed E-state index contributed by atoms with van der Waals surface area (Å²) in [4.78, 5) is -2.60. The van der Waals surface area contributed by atoms with Crippen molar-refractivity contribution in [1.82, 2.24) is 0 Å². The molecule has 0 radical (unpaired) electrons. The van der Waals surface area contributed by atoms with E-state index in [-0.39, 0.29) is 78.2 Å². The van der Waals surface area contributed by atoms with Gasteiger partial charge in [0.05, 0.1) is 27.5 Å². The quantitative estimate of drug-likeness (QED) is 0.0302. The standard InChI is InChI=1S/C38H26Cl2N8O11S3.Na/c39-22-5-12-27(40)28(17-22)45-46-34-29(60(51,52)53)15-21-16-31(62(57,58)59)36(38(50)32(21)33(34)42)48-44-25-9-3-19(4-10-25)18-1-7-24(8-2-18)43-47-35-30(61(54,55)56)14-20-13-23(41)6-11-26(20)37(35)49;/h1-17,49-50H,41-42H2,(H,51,52,53)(H,54,55,56)(H,57,58,59);/q;+1. The Hall–Kier alpha value is -5.63. The number of halogens is 2. The van der Waals surface area contributed by atoms with Crippen LogP contribution in [0, 0.1) is 0 Å². The van der Waals surface area contributed by atoms with Gasteiger partial charge in [0.15, 0.2) is 11.5 Å². The van der Waals surface area contributed by atoms with Crippen LogP contribution in [-0.2, 0) is 30.4 Å². The molecule has 0 atom stereocenters. The normalized spacial score (nSPS) is 12.5. The summed E-state index contributed by atoms with van der Waals surface area (Å²) in [6, 6.07) is 23.8. The molecule has 9 N–H and O–H groups in total. The number of phenols is 2. The van der Waals surface area contributed by atoms with E-state index in [1.165, 1.54) is 48.5 Å². The van der Waals surface area contributed by atoms with Gasteiger partial charge < -0.3 is 21.7 Å². The van der Waals surface area contributed by atoms with E-state index in [1.54, 1.807) is 36.4 Å². The molecule has 0 unspecified atom stereocenters. The fraction of sp³-hybridized carbons (Fsp3) is 0. The van der Waals surface area contributed by atoms with E-state index in [2.05, 4.69) is 30.7 Å². The second-order valence-electron chi connectivity index (χ2n) is 13.1. The Balaban J connectivity index is 0.00000661. The van der Waals surface area contributed by atoms with E-state index in [9.17, 15) is 49.1 Å². The van der Waals surface area contributed by atoms with Crippen molar-refractivity contribution in [2.24, 2.45) is 30.7 Å². The molecule has 7 rings (SSSR count). The third-order valence-electron chi connectivity index (χ3n) is 8.99. The van der Waals surface area contributed by atoms with E-state index in [4.69, 9.17) is 34.7 Å². The van der Waals surface area contributed by atoms with Gasteiger partial charge in [0, 0.05) is 16.1 Å². The van der Waals surface area contributed by atoms with Crippen molar-refractivity contribution in [3.05, 3.63) is 113 Å². The van der Waals surface area contributed by atoms with Gasteiger partial charge in [-0.25, -0.2) is 0 Å². The van der Waals surface area contributed by atoms with Crippen molar-refractivity contribution in [1.29, 1.82) is 0 Å². The van der Waals surface area contributed by atoms with Gasteiger partial charge in [-0.05, 0) is 101 Å². The zero-order valence-corrected chi connectivity index (χ0v) is 37.8. The maximum Gasteiger partial charge on any atom is 1.00 e. The third kappa shape index (κ3) is 9.96. The Labute approximate surface area is 389 Å². The van der Waals surface area contributed by atoms with Crippen LogP contribution in [0.1, 0.15) is 0 Å². The Kier molecular flexibility index (Phi) is 13.3. The number of nitrogens with two attached hydrogens (primary N) is 2. The Bertz CT molecular complexity index is 3450. The van der Waals surface area contributed by atoms with Gasteiger partial charge in [0.1, 0.15) is 37.4 Å². The van der Waals surface area contributed by atoms with E-state index < -0.39 is 79.3 Å². The van der Waals surface area contributed by atoms with Crippen LogP contribution in [0.2, 0.25) is 10.0 Å². The van der Waals surface area contributed by atoms with Crippen LogP contribution >= 0.6 is 23.2 Å². The van der Waals surface area contributed by atoms with Crippen molar-refractivity contribution in [2.75, 3.05) is 11.5 Å². The fourth-order valence-corrected chi connectivity index (χ4v) is 8.40. The summed E-state index contributed by atoms with van der Waals surface area (Å²) in [7, 11) is -15.1. The van der Waals surface area contributed by atoms with Crippen LogP contribution < -0.4 is 41.0 Å². The second kappa shape index (κ2) is 17.9. The molecule has 0 bridgehead atoms. The average molecular weight is 961 g/mol. The molecule has 7 aromatic carbocycles. The van der Waals surface area contributed by atoms with E-state index in [1.807, 2.05) is 0 Å². The van der Waals surface area contributed by atoms with E-state index in [0.29, 0.717) is 16.8 Å². The maximum atomic E-state index is 12.5. The number of rotatable bonds is 10. The first-order valence-electron chi connectivity index (χ1n) is 17.1. The molecule has 0 spiro atoms. The maximum absolute atomic E-state index is 12.5. The summed E-state index contributed by atoms with van der Waals surface area (Å²) in [5, 5.41) is 45.8. The number of hydrogen-bond acceptors (Lipinski definition) is 16. The first kappa shape index (κ1) is 46.9. The molecule has 0 fully saturated rings. The predicted octanol–water partition coefficient (Wildman–Crippen LogP) is 7.53. The zero-order chi connectivity index (χ0) is 44.9. The largest absolute Gasteiger partial charge is 1.00 e. The van der Waals surface area contributed by atoms with Crippen LogP contribution in [0.4, 0.5) is 45.5 Å². The van der Waals surface area contributed by atoms with Gasteiger partial charge in [-0.1, -0.05) is 47.5 Å². The van der Waals surface area contributed by atoms with Crippen LogP contribution in [0.15, 0.2) is 149 Å². The molecular weight excluding hydrogens is 935 g/mol. The van der Waals surface area contributed by atoms with E-state index in [0.717, 1.165) is 18.2 Å². The summed E-state index contributed by atoms with van der Waals surface area (Å²) in [5.41, 5.74) is 11.5. The summed E-state index contributed by atoms with van der Waals surface area (Å²) in [5.74, 6) is -1.50. The van der Waals surface area contributed by atoms with Gasteiger partial charge in [0.25, 0.3) is 30.4 Å². The number of azo groups is 3. The molecule has 7 aromatic rings. The van der Waals surface area contributed by atoms with Crippen LogP contribution in [0.25, 0.3) is 32.7 Å². The molecule has 0 aliphatic carbocycles. The molecule has 0 amide bonds. The average Bonchev–Trinajstić information content (AvgIpc) is 3.19. The Morgan fingerprint density at radius 3 is 1.46 bits per heavy atom. The molecule has 0 aliphatic heterocycles. The molecule has 0 aliphatic rings. The molecule has 25 heteroatoms. The molecule has 0 heterocycles. The minimum atomic E-state index is -5.17. The van der Waals surface area contributed by atoms with Gasteiger partial charge in [-0.3, -0.25) is 13.7 Å².